The van der Waals surface area contributed by atoms with Crippen molar-refractivity contribution in [2.45, 2.75) is 44.9 Å². The highest BCUT2D eigenvalue weighted by atomic mass is 32.1. The smallest absolute Gasteiger partial charge is 0.355 e. The lowest BCUT2D eigenvalue weighted by Crippen LogP contribution is -2.11. The summed E-state index contributed by atoms with van der Waals surface area (Å²) in [7, 11) is 0. The molecule has 0 aliphatic heterocycles. The molecule has 2 rings (SSSR count). The van der Waals surface area contributed by atoms with Crippen molar-refractivity contribution in [1.29, 1.82) is 0 Å². The molecule has 1 saturated carbocycles. The van der Waals surface area contributed by atoms with Crippen molar-refractivity contribution in [3.63, 3.8) is 0 Å². The molecule has 0 aromatic carbocycles. The van der Waals surface area contributed by atoms with Crippen LogP contribution >= 0.6 is 11.3 Å². The zero-order valence-electron chi connectivity index (χ0n) is 8.82. The number of aryl methyl sites for hydroxylation is 1. The summed E-state index contributed by atoms with van der Waals surface area (Å²) in [6, 6.07) is 0. The molecule has 1 N–H and O–H groups in total. The van der Waals surface area contributed by atoms with E-state index in [0.29, 0.717) is 11.6 Å². The maximum Gasteiger partial charge on any atom is 0.355 e. The summed E-state index contributed by atoms with van der Waals surface area (Å²) in [6.45, 7) is 2.09. The van der Waals surface area contributed by atoms with Crippen molar-refractivity contribution in [3.8, 4) is 0 Å². The minimum atomic E-state index is -0.865. The van der Waals surface area contributed by atoms with Gasteiger partial charge in [0.25, 0.3) is 0 Å². The molecule has 1 heterocycles. The second-order valence-electron chi connectivity index (χ2n) is 4.00. The summed E-state index contributed by atoms with van der Waals surface area (Å²) in [6.07, 6.45) is 5.42. The van der Waals surface area contributed by atoms with Gasteiger partial charge in [0.15, 0.2) is 5.69 Å². The van der Waals surface area contributed by atoms with Crippen LogP contribution in [0.1, 0.15) is 58.9 Å². The maximum atomic E-state index is 11.0. The first-order valence-electron chi connectivity index (χ1n) is 5.45. The molecular weight excluding hydrogens is 210 g/mol. The van der Waals surface area contributed by atoms with Crippen LogP contribution in [0.4, 0.5) is 0 Å². The Morgan fingerprint density at radius 1 is 1.60 bits per heavy atom. The average molecular weight is 225 g/mol. The van der Waals surface area contributed by atoms with E-state index in [1.54, 1.807) is 11.3 Å². The molecule has 1 aliphatic rings. The molecule has 0 atom stereocenters. The number of carboxylic acid groups (broad SMARTS) is 1. The van der Waals surface area contributed by atoms with Gasteiger partial charge in [0.05, 0.1) is 5.01 Å². The predicted molar refractivity (Wildman–Crippen MR) is 59.7 cm³/mol. The first-order valence-corrected chi connectivity index (χ1v) is 6.27. The summed E-state index contributed by atoms with van der Waals surface area (Å²) in [5.74, 6) is -0.394. The van der Waals surface area contributed by atoms with Crippen molar-refractivity contribution in [1.82, 2.24) is 4.98 Å². The SMILES string of the molecule is CCCc1nc(C(=O)O)c(C2CCC2)s1. The summed E-state index contributed by atoms with van der Waals surface area (Å²) in [5.41, 5.74) is 0.313. The Labute approximate surface area is 93.2 Å². The van der Waals surface area contributed by atoms with Crippen molar-refractivity contribution in [2.24, 2.45) is 0 Å². The molecule has 4 heteroatoms. The molecule has 0 unspecified atom stereocenters. The van der Waals surface area contributed by atoms with Crippen LogP contribution < -0.4 is 0 Å². The van der Waals surface area contributed by atoms with Gasteiger partial charge in [-0.1, -0.05) is 13.3 Å². The lowest BCUT2D eigenvalue weighted by molar-refractivity contribution is 0.0688. The van der Waals surface area contributed by atoms with Gasteiger partial charge in [0, 0.05) is 4.88 Å². The monoisotopic (exact) mass is 225 g/mol. The van der Waals surface area contributed by atoms with Crippen LogP contribution in [0.25, 0.3) is 0 Å². The van der Waals surface area contributed by atoms with E-state index in [1.807, 2.05) is 0 Å². The molecule has 0 bridgehead atoms. The van der Waals surface area contributed by atoms with Crippen LogP contribution in [0, 0.1) is 0 Å². The number of thiazole rings is 1. The van der Waals surface area contributed by atoms with Crippen LogP contribution in [-0.2, 0) is 6.42 Å². The highest BCUT2D eigenvalue weighted by Gasteiger charge is 2.28. The third-order valence-corrected chi connectivity index (χ3v) is 4.12. The number of aromatic carboxylic acids is 1. The van der Waals surface area contributed by atoms with Gasteiger partial charge in [-0.3, -0.25) is 0 Å². The van der Waals surface area contributed by atoms with Crippen LogP contribution in [0.2, 0.25) is 0 Å². The minimum Gasteiger partial charge on any atom is -0.476 e. The third kappa shape index (κ3) is 2.04. The lowest BCUT2D eigenvalue weighted by Gasteiger charge is -2.24. The number of nitrogens with zero attached hydrogens (tertiary/aromatic N) is 1. The molecule has 3 nitrogen and oxygen atoms in total. The number of hydrogen-bond acceptors (Lipinski definition) is 3. The lowest BCUT2D eigenvalue weighted by atomic mass is 9.84. The predicted octanol–water partition coefficient (Wildman–Crippen LogP) is 3.06. The van der Waals surface area contributed by atoms with Crippen molar-refractivity contribution >= 4 is 17.3 Å². The molecule has 0 saturated heterocycles. The van der Waals surface area contributed by atoms with Crippen LogP contribution in [-0.4, -0.2) is 16.1 Å². The second-order valence-corrected chi connectivity index (χ2v) is 5.12. The first-order chi connectivity index (χ1) is 7.22. The molecule has 0 radical (unpaired) electrons. The van der Waals surface area contributed by atoms with E-state index in [4.69, 9.17) is 5.11 Å². The van der Waals surface area contributed by atoms with Gasteiger partial charge in [0.2, 0.25) is 0 Å². The summed E-state index contributed by atoms with van der Waals surface area (Å²) < 4.78 is 0. The molecule has 0 amide bonds. The van der Waals surface area contributed by atoms with E-state index < -0.39 is 5.97 Å². The Hall–Kier alpha value is -0.900. The van der Waals surface area contributed by atoms with Crippen molar-refractivity contribution < 1.29 is 9.90 Å². The zero-order chi connectivity index (χ0) is 10.8. The molecule has 1 aromatic rings. The molecule has 1 fully saturated rings. The largest absolute Gasteiger partial charge is 0.476 e. The Bertz CT molecular complexity index is 369. The first kappa shape index (κ1) is 10.6. The Morgan fingerprint density at radius 2 is 2.33 bits per heavy atom. The average Bonchev–Trinajstić information content (AvgIpc) is 2.46. The van der Waals surface area contributed by atoms with Gasteiger partial charge in [-0.25, -0.2) is 9.78 Å². The van der Waals surface area contributed by atoms with E-state index in [1.165, 1.54) is 6.42 Å². The molecular formula is C11H15NO2S. The standard InChI is InChI=1S/C11H15NO2S/c1-2-4-8-12-9(11(13)14)10(15-8)7-5-3-6-7/h7H,2-6H2,1H3,(H,13,14). The number of carboxylic acids is 1. The van der Waals surface area contributed by atoms with Crippen LogP contribution in [0.3, 0.4) is 0 Å². The van der Waals surface area contributed by atoms with Gasteiger partial charge in [-0.2, -0.15) is 0 Å². The number of carbonyl (C=O) groups is 1. The third-order valence-electron chi connectivity index (χ3n) is 2.84. The molecule has 1 aliphatic carbocycles. The van der Waals surface area contributed by atoms with Crippen LogP contribution in [0.5, 0.6) is 0 Å². The van der Waals surface area contributed by atoms with E-state index in [2.05, 4.69) is 11.9 Å². The Balaban J connectivity index is 2.28. The summed E-state index contributed by atoms with van der Waals surface area (Å²) in [4.78, 5) is 16.3. The Kier molecular flexibility index (Phi) is 3.05. The Morgan fingerprint density at radius 3 is 2.80 bits per heavy atom. The fourth-order valence-corrected chi connectivity index (χ4v) is 3.13. The fourth-order valence-electron chi connectivity index (χ4n) is 1.80. The molecule has 0 spiro atoms. The molecule has 15 heavy (non-hydrogen) atoms. The molecule has 82 valence electrons. The van der Waals surface area contributed by atoms with Crippen molar-refractivity contribution in [2.75, 3.05) is 0 Å². The second kappa shape index (κ2) is 4.31. The molecule has 1 aromatic heterocycles. The van der Waals surface area contributed by atoms with Crippen molar-refractivity contribution in [3.05, 3.63) is 15.6 Å². The van der Waals surface area contributed by atoms with Gasteiger partial charge in [0.1, 0.15) is 0 Å². The van der Waals surface area contributed by atoms with E-state index in [0.717, 1.165) is 35.6 Å². The van der Waals surface area contributed by atoms with Gasteiger partial charge in [-0.15, -0.1) is 11.3 Å². The normalized spacial score (nSPS) is 16.3. The highest BCUT2D eigenvalue weighted by Crippen LogP contribution is 2.41. The van der Waals surface area contributed by atoms with Gasteiger partial charge < -0.3 is 5.11 Å². The zero-order valence-corrected chi connectivity index (χ0v) is 9.64. The van der Waals surface area contributed by atoms with E-state index in [9.17, 15) is 4.79 Å². The topological polar surface area (TPSA) is 50.2 Å². The maximum absolute atomic E-state index is 11.0. The fraction of sp³-hybridized carbons (Fsp3) is 0.636. The number of rotatable bonds is 4. The van der Waals surface area contributed by atoms with E-state index >= 15 is 0 Å². The highest BCUT2D eigenvalue weighted by molar-refractivity contribution is 7.12. The summed E-state index contributed by atoms with van der Waals surface area (Å²) in [5, 5.41) is 10.0. The van der Waals surface area contributed by atoms with Gasteiger partial charge in [-0.05, 0) is 31.6 Å². The van der Waals surface area contributed by atoms with E-state index in [-0.39, 0.29) is 0 Å². The number of hydrogen-bond donors (Lipinski definition) is 1. The van der Waals surface area contributed by atoms with Gasteiger partial charge >= 0.3 is 5.97 Å². The minimum absolute atomic E-state index is 0.313. The quantitative estimate of drug-likeness (QED) is 0.856. The number of aromatic nitrogens is 1. The van der Waals surface area contributed by atoms with Crippen LogP contribution in [0.15, 0.2) is 0 Å². The summed E-state index contributed by atoms with van der Waals surface area (Å²) >= 11 is 1.60.